The smallest absolute Gasteiger partial charge is 0.269 e. The minimum absolute atomic E-state index is 0.0828. The van der Waals surface area contributed by atoms with E-state index in [4.69, 9.17) is 20.9 Å². The number of anilines is 3. The Bertz CT molecular complexity index is 879. The van der Waals surface area contributed by atoms with Gasteiger partial charge in [-0.3, -0.25) is 4.99 Å². The molecule has 27 heavy (non-hydrogen) atoms. The number of nitrogens with two attached hydrogens (primary N) is 2. The molecule has 0 aliphatic carbocycles. The molecule has 2 heterocycles. The van der Waals surface area contributed by atoms with E-state index in [1.54, 1.807) is 0 Å². The molecule has 0 fully saturated rings. The van der Waals surface area contributed by atoms with E-state index in [-0.39, 0.29) is 41.1 Å². The van der Waals surface area contributed by atoms with E-state index in [1.165, 1.54) is 25.6 Å². The molecule has 0 unspecified atom stereocenters. The van der Waals surface area contributed by atoms with E-state index in [0.29, 0.717) is 0 Å². The van der Waals surface area contributed by atoms with Crippen molar-refractivity contribution in [3.8, 4) is 5.75 Å². The van der Waals surface area contributed by atoms with Crippen molar-refractivity contribution in [2.24, 2.45) is 10.7 Å². The first kappa shape index (κ1) is 18.7. The molecule has 1 atom stereocenters. The van der Waals surface area contributed by atoms with Crippen molar-refractivity contribution < 1.29 is 22.6 Å². The van der Waals surface area contributed by atoms with Gasteiger partial charge in [-0.2, -0.15) is 0 Å². The number of hydrogen-bond acceptors (Lipinski definition) is 8. The average Bonchev–Trinajstić information content (AvgIpc) is 2.63. The van der Waals surface area contributed by atoms with Crippen LogP contribution >= 0.6 is 0 Å². The summed E-state index contributed by atoms with van der Waals surface area (Å²) in [6.07, 6.45) is -1.84. The maximum absolute atomic E-state index is 14.4. The summed E-state index contributed by atoms with van der Waals surface area (Å²) in [6.45, 7) is -0.596. The Balaban J connectivity index is 2.05. The van der Waals surface area contributed by atoms with Gasteiger partial charge in [0.05, 0.1) is 13.7 Å². The van der Waals surface area contributed by atoms with Gasteiger partial charge in [0.1, 0.15) is 24.6 Å². The minimum atomic E-state index is -3.04. The third-order valence-corrected chi connectivity index (χ3v) is 4.01. The highest BCUT2D eigenvalue weighted by atomic mass is 19.3. The first-order valence-electron chi connectivity index (χ1n) is 7.79. The number of alkyl halides is 2. The van der Waals surface area contributed by atoms with E-state index in [0.717, 1.165) is 6.07 Å². The molecule has 3 rings (SSSR count). The second-order valence-corrected chi connectivity index (χ2v) is 5.78. The van der Waals surface area contributed by atoms with Gasteiger partial charge in [-0.15, -0.1) is 0 Å². The molecular formula is C16H17F3N6O2. The lowest BCUT2D eigenvalue weighted by Gasteiger charge is -2.33. The molecule has 0 saturated heterocycles. The van der Waals surface area contributed by atoms with E-state index < -0.39 is 24.4 Å². The number of nitrogens with one attached hydrogen (secondary N) is 1. The third-order valence-electron chi connectivity index (χ3n) is 4.01. The number of nitrogen functional groups attached to an aromatic ring is 1. The van der Waals surface area contributed by atoms with Crippen LogP contribution in [0.4, 0.5) is 30.5 Å². The molecule has 1 aromatic heterocycles. The molecule has 5 N–H and O–H groups in total. The lowest BCUT2D eigenvalue weighted by molar-refractivity contribution is -0.0145. The molecule has 0 spiro atoms. The number of benzene rings is 1. The highest BCUT2D eigenvalue weighted by Crippen LogP contribution is 2.38. The highest BCUT2D eigenvalue weighted by Gasteiger charge is 2.46. The number of aliphatic imine (C=N–C) groups is 1. The fraction of sp³-hybridized carbons (Fsp3) is 0.312. The van der Waals surface area contributed by atoms with Gasteiger partial charge in [-0.05, 0) is 18.2 Å². The van der Waals surface area contributed by atoms with E-state index in [1.807, 2.05) is 0 Å². The molecular weight excluding hydrogens is 365 g/mol. The van der Waals surface area contributed by atoms with Gasteiger partial charge >= 0.3 is 0 Å². The van der Waals surface area contributed by atoms with Crippen LogP contribution in [0.25, 0.3) is 0 Å². The van der Waals surface area contributed by atoms with Gasteiger partial charge in [-0.25, -0.2) is 23.1 Å². The van der Waals surface area contributed by atoms with Crippen molar-refractivity contribution in [1.82, 2.24) is 9.97 Å². The van der Waals surface area contributed by atoms with Gasteiger partial charge in [0.15, 0.2) is 17.2 Å². The second kappa shape index (κ2) is 7.27. The molecule has 0 saturated carbocycles. The highest BCUT2D eigenvalue weighted by molar-refractivity contribution is 5.83. The SMILES string of the molecule is COc1c(N)ncnc1Nc1ccc(F)c([C@]2(C(F)F)COCC(N)=N2)c1. The topological polar surface area (TPSA) is 121 Å². The second-order valence-electron chi connectivity index (χ2n) is 5.78. The Morgan fingerprint density at radius 1 is 1.30 bits per heavy atom. The summed E-state index contributed by atoms with van der Waals surface area (Å²) in [5.41, 5.74) is 8.94. The Kier molecular flexibility index (Phi) is 5.04. The maximum Gasteiger partial charge on any atom is 0.269 e. The molecule has 1 aliphatic heterocycles. The summed E-state index contributed by atoms with van der Waals surface area (Å²) in [7, 11) is 1.37. The predicted octanol–water partition coefficient (Wildman–Crippen LogP) is 1.80. The summed E-state index contributed by atoms with van der Waals surface area (Å²) < 4.78 is 52.4. The summed E-state index contributed by atoms with van der Waals surface area (Å²) in [5.74, 6) is -0.562. The summed E-state index contributed by atoms with van der Waals surface area (Å²) in [5, 5.41) is 2.85. The van der Waals surface area contributed by atoms with Gasteiger partial charge in [0.25, 0.3) is 6.43 Å². The number of aromatic nitrogens is 2. The number of halogens is 3. The van der Waals surface area contributed by atoms with Gasteiger partial charge in [0, 0.05) is 11.3 Å². The number of nitrogens with zero attached hydrogens (tertiary/aromatic N) is 3. The molecule has 8 nitrogen and oxygen atoms in total. The van der Waals surface area contributed by atoms with Crippen LogP contribution in [0.2, 0.25) is 0 Å². The zero-order valence-electron chi connectivity index (χ0n) is 14.2. The minimum Gasteiger partial charge on any atom is -0.490 e. The Labute approximate surface area is 152 Å². The van der Waals surface area contributed by atoms with Crippen molar-refractivity contribution in [1.29, 1.82) is 0 Å². The van der Waals surface area contributed by atoms with Crippen LogP contribution in [-0.2, 0) is 10.3 Å². The molecule has 1 aromatic carbocycles. The quantitative estimate of drug-likeness (QED) is 0.721. The van der Waals surface area contributed by atoms with Crippen LogP contribution < -0.4 is 21.5 Å². The van der Waals surface area contributed by atoms with Gasteiger partial charge < -0.3 is 26.3 Å². The lowest BCUT2D eigenvalue weighted by atomic mass is 9.90. The van der Waals surface area contributed by atoms with Crippen molar-refractivity contribution >= 4 is 23.2 Å². The third kappa shape index (κ3) is 3.45. The Hall–Kier alpha value is -3.08. The molecule has 0 radical (unpaired) electrons. The molecule has 0 amide bonds. The zero-order chi connectivity index (χ0) is 19.6. The fourth-order valence-corrected chi connectivity index (χ4v) is 2.75. The van der Waals surface area contributed by atoms with Gasteiger partial charge in [-0.1, -0.05) is 0 Å². The monoisotopic (exact) mass is 382 g/mol. The molecule has 1 aliphatic rings. The number of rotatable bonds is 5. The number of amidine groups is 1. The van der Waals surface area contributed by atoms with Crippen molar-refractivity contribution in [3.63, 3.8) is 0 Å². The van der Waals surface area contributed by atoms with Gasteiger partial charge in [0.2, 0.25) is 5.75 Å². The molecule has 144 valence electrons. The maximum atomic E-state index is 14.4. The predicted molar refractivity (Wildman–Crippen MR) is 92.8 cm³/mol. The van der Waals surface area contributed by atoms with Crippen LogP contribution in [0.5, 0.6) is 5.75 Å². The molecule has 11 heteroatoms. The Morgan fingerprint density at radius 2 is 2.07 bits per heavy atom. The standard InChI is InChI=1S/C16H17F3N6O2/c1-26-12-13(21)22-7-23-14(12)24-8-2-3-10(17)9(4-8)16(15(18)19)6-27-5-11(20)25-16/h2-4,7,15H,5-6H2,1H3,(H2,20,25)(H3,21,22,23,24)/t16-/m0/s1. The Morgan fingerprint density at radius 3 is 2.74 bits per heavy atom. The van der Waals surface area contributed by atoms with Crippen LogP contribution in [0, 0.1) is 5.82 Å². The first-order valence-corrected chi connectivity index (χ1v) is 7.79. The van der Waals surface area contributed by atoms with E-state index >= 15 is 0 Å². The summed E-state index contributed by atoms with van der Waals surface area (Å²) in [6, 6.07) is 3.59. The van der Waals surface area contributed by atoms with Crippen LogP contribution in [-0.4, -0.2) is 42.6 Å². The van der Waals surface area contributed by atoms with Crippen molar-refractivity contribution in [2.75, 3.05) is 31.4 Å². The van der Waals surface area contributed by atoms with Crippen LogP contribution in [0.1, 0.15) is 5.56 Å². The van der Waals surface area contributed by atoms with Crippen LogP contribution in [0.15, 0.2) is 29.5 Å². The molecule has 0 bridgehead atoms. The van der Waals surface area contributed by atoms with Crippen molar-refractivity contribution in [2.45, 2.75) is 12.0 Å². The number of hydrogen-bond donors (Lipinski definition) is 3. The average molecular weight is 382 g/mol. The lowest BCUT2D eigenvalue weighted by Crippen LogP contribution is -2.45. The summed E-state index contributed by atoms with van der Waals surface area (Å²) >= 11 is 0. The molecule has 2 aromatic rings. The van der Waals surface area contributed by atoms with Crippen LogP contribution in [0.3, 0.4) is 0 Å². The first-order chi connectivity index (χ1) is 12.9. The van der Waals surface area contributed by atoms with Crippen molar-refractivity contribution in [3.05, 3.63) is 35.9 Å². The van der Waals surface area contributed by atoms with E-state index in [9.17, 15) is 13.2 Å². The zero-order valence-corrected chi connectivity index (χ0v) is 14.2. The largest absolute Gasteiger partial charge is 0.490 e. The summed E-state index contributed by atoms with van der Waals surface area (Å²) in [4.78, 5) is 11.6. The van der Waals surface area contributed by atoms with E-state index in [2.05, 4.69) is 20.3 Å². The number of methoxy groups -OCH3 is 1. The fourth-order valence-electron chi connectivity index (χ4n) is 2.75. The normalized spacial score (nSPS) is 19.7. The number of ether oxygens (including phenoxy) is 2.